The molecular weight excluding hydrogens is 266 g/mol. The molecule has 2 aromatic heterocycles. The summed E-state index contributed by atoms with van der Waals surface area (Å²) in [7, 11) is 0. The maximum Gasteiger partial charge on any atom is 0.225 e. The summed E-state index contributed by atoms with van der Waals surface area (Å²) in [4.78, 5) is 19.5. The molecule has 3 heterocycles. The average Bonchev–Trinajstić information content (AvgIpc) is 2.74. The lowest BCUT2D eigenvalue weighted by molar-refractivity contribution is 0.123. The molecular formula is C15H19N5O. The Labute approximate surface area is 124 Å². The van der Waals surface area contributed by atoms with E-state index < -0.39 is 0 Å². The Kier molecular flexibility index (Phi) is 4.35. The van der Waals surface area contributed by atoms with Crippen molar-refractivity contribution in [3.63, 3.8) is 0 Å². The van der Waals surface area contributed by atoms with Gasteiger partial charge in [-0.3, -0.25) is 0 Å². The number of ether oxygens (including phenoxy) is 1. The highest BCUT2D eigenvalue weighted by molar-refractivity contribution is 5.28. The third-order valence-corrected chi connectivity index (χ3v) is 3.50. The summed E-state index contributed by atoms with van der Waals surface area (Å²) < 4.78 is 5.72. The number of rotatable bonds is 3. The molecule has 1 aliphatic heterocycles. The van der Waals surface area contributed by atoms with Crippen LogP contribution < -0.4 is 4.90 Å². The molecule has 6 heteroatoms. The van der Waals surface area contributed by atoms with E-state index >= 15 is 0 Å². The van der Waals surface area contributed by atoms with Gasteiger partial charge < -0.3 is 9.64 Å². The molecule has 6 nitrogen and oxygen atoms in total. The highest BCUT2D eigenvalue weighted by Gasteiger charge is 2.21. The summed E-state index contributed by atoms with van der Waals surface area (Å²) in [5, 5.41) is 0. The van der Waals surface area contributed by atoms with Crippen LogP contribution in [0.25, 0.3) is 0 Å². The van der Waals surface area contributed by atoms with Crippen molar-refractivity contribution in [2.24, 2.45) is 5.92 Å². The number of hydrogen-bond acceptors (Lipinski definition) is 6. The number of anilines is 1. The minimum atomic E-state index is 0.380. The van der Waals surface area contributed by atoms with Crippen molar-refractivity contribution in [3.8, 4) is 0 Å². The normalized spacial score (nSPS) is 19.3. The quantitative estimate of drug-likeness (QED) is 0.846. The molecule has 0 unspecified atom stereocenters. The van der Waals surface area contributed by atoms with E-state index in [1.54, 1.807) is 12.4 Å². The zero-order valence-corrected chi connectivity index (χ0v) is 12.1. The molecule has 0 bridgehead atoms. The van der Waals surface area contributed by atoms with Gasteiger partial charge in [-0.1, -0.05) is 0 Å². The van der Waals surface area contributed by atoms with Crippen molar-refractivity contribution < 1.29 is 4.74 Å². The van der Waals surface area contributed by atoms with Crippen molar-refractivity contribution in [3.05, 3.63) is 42.2 Å². The van der Waals surface area contributed by atoms with E-state index in [4.69, 9.17) is 4.74 Å². The van der Waals surface area contributed by atoms with Crippen molar-refractivity contribution in [1.82, 2.24) is 19.9 Å². The van der Waals surface area contributed by atoms with Crippen molar-refractivity contribution in [1.29, 1.82) is 0 Å². The predicted octanol–water partition coefficient (Wildman–Crippen LogP) is 1.27. The molecule has 1 aliphatic rings. The molecule has 0 radical (unpaired) electrons. The van der Waals surface area contributed by atoms with E-state index in [1.165, 1.54) is 0 Å². The fourth-order valence-corrected chi connectivity index (χ4v) is 2.55. The van der Waals surface area contributed by atoms with Crippen LogP contribution in [-0.2, 0) is 11.2 Å². The number of nitrogens with zero attached hydrogens (tertiary/aromatic N) is 5. The molecule has 1 atom stereocenters. The van der Waals surface area contributed by atoms with Gasteiger partial charge in [-0.25, -0.2) is 19.9 Å². The van der Waals surface area contributed by atoms with Crippen LogP contribution in [0.5, 0.6) is 0 Å². The van der Waals surface area contributed by atoms with Gasteiger partial charge in [0.25, 0.3) is 0 Å². The zero-order valence-electron chi connectivity index (χ0n) is 12.1. The SMILES string of the molecule is Cc1nccc(C[C@@H]2COCCN(c3ncccn3)C2)n1. The van der Waals surface area contributed by atoms with E-state index in [-0.39, 0.29) is 0 Å². The summed E-state index contributed by atoms with van der Waals surface area (Å²) in [5.41, 5.74) is 1.06. The molecule has 21 heavy (non-hydrogen) atoms. The summed E-state index contributed by atoms with van der Waals surface area (Å²) in [6.07, 6.45) is 6.24. The molecule has 2 aromatic rings. The lowest BCUT2D eigenvalue weighted by Gasteiger charge is -2.23. The minimum Gasteiger partial charge on any atom is -0.379 e. The Hall–Kier alpha value is -2.08. The maximum absolute atomic E-state index is 5.72. The van der Waals surface area contributed by atoms with Crippen LogP contribution in [0.15, 0.2) is 30.7 Å². The Morgan fingerprint density at radius 2 is 2.10 bits per heavy atom. The van der Waals surface area contributed by atoms with Crippen LogP contribution >= 0.6 is 0 Å². The first-order valence-corrected chi connectivity index (χ1v) is 7.19. The first kappa shape index (κ1) is 13.9. The highest BCUT2D eigenvalue weighted by Crippen LogP contribution is 2.16. The van der Waals surface area contributed by atoms with Gasteiger partial charge in [-0.15, -0.1) is 0 Å². The Balaban J connectivity index is 1.70. The van der Waals surface area contributed by atoms with Gasteiger partial charge in [-0.2, -0.15) is 0 Å². The molecule has 0 saturated carbocycles. The van der Waals surface area contributed by atoms with E-state index in [1.807, 2.05) is 25.3 Å². The predicted molar refractivity (Wildman–Crippen MR) is 79.0 cm³/mol. The van der Waals surface area contributed by atoms with Gasteiger partial charge in [-0.05, 0) is 25.5 Å². The second kappa shape index (κ2) is 6.58. The third kappa shape index (κ3) is 3.72. The molecule has 0 spiro atoms. The fraction of sp³-hybridized carbons (Fsp3) is 0.467. The van der Waals surface area contributed by atoms with Crippen molar-refractivity contribution in [2.75, 3.05) is 31.2 Å². The first-order chi connectivity index (χ1) is 10.3. The monoisotopic (exact) mass is 285 g/mol. The van der Waals surface area contributed by atoms with Crippen LogP contribution in [0, 0.1) is 12.8 Å². The number of aromatic nitrogens is 4. The molecule has 110 valence electrons. The van der Waals surface area contributed by atoms with E-state index in [0.29, 0.717) is 12.5 Å². The van der Waals surface area contributed by atoms with Crippen LogP contribution in [0.4, 0.5) is 5.95 Å². The van der Waals surface area contributed by atoms with Crippen LogP contribution in [0.3, 0.4) is 0 Å². The second-order valence-electron chi connectivity index (χ2n) is 5.24. The van der Waals surface area contributed by atoms with Gasteiger partial charge in [0.05, 0.1) is 13.2 Å². The molecule has 0 amide bonds. The van der Waals surface area contributed by atoms with Gasteiger partial charge in [0, 0.05) is 43.3 Å². The van der Waals surface area contributed by atoms with Crippen LogP contribution in [-0.4, -0.2) is 46.2 Å². The molecule has 1 saturated heterocycles. The lowest BCUT2D eigenvalue weighted by Crippen LogP contribution is -2.32. The molecule has 0 aromatic carbocycles. The lowest BCUT2D eigenvalue weighted by atomic mass is 10.0. The van der Waals surface area contributed by atoms with Gasteiger partial charge >= 0.3 is 0 Å². The van der Waals surface area contributed by atoms with E-state index in [2.05, 4.69) is 24.8 Å². The Morgan fingerprint density at radius 1 is 1.24 bits per heavy atom. The van der Waals surface area contributed by atoms with Crippen LogP contribution in [0.1, 0.15) is 11.5 Å². The maximum atomic E-state index is 5.72. The largest absolute Gasteiger partial charge is 0.379 e. The molecule has 0 aliphatic carbocycles. The van der Waals surface area contributed by atoms with Gasteiger partial charge in [0.2, 0.25) is 5.95 Å². The Morgan fingerprint density at radius 3 is 2.90 bits per heavy atom. The fourth-order valence-electron chi connectivity index (χ4n) is 2.55. The molecule has 1 fully saturated rings. The van der Waals surface area contributed by atoms with Crippen molar-refractivity contribution in [2.45, 2.75) is 13.3 Å². The number of hydrogen-bond donors (Lipinski definition) is 0. The molecule has 3 rings (SSSR count). The van der Waals surface area contributed by atoms with E-state index in [9.17, 15) is 0 Å². The van der Waals surface area contributed by atoms with Crippen molar-refractivity contribution >= 4 is 5.95 Å². The van der Waals surface area contributed by atoms with E-state index in [0.717, 1.165) is 43.6 Å². The summed E-state index contributed by atoms with van der Waals surface area (Å²) in [6.45, 7) is 5.07. The standard InChI is InChI=1S/C15H19N5O/c1-12-16-6-3-14(19-12)9-13-10-20(7-8-21-11-13)15-17-4-2-5-18-15/h2-6,13H,7-11H2,1H3/t13-/m0/s1. The topological polar surface area (TPSA) is 64.0 Å². The average molecular weight is 285 g/mol. The zero-order chi connectivity index (χ0) is 14.5. The van der Waals surface area contributed by atoms with Gasteiger partial charge in [0.1, 0.15) is 5.82 Å². The minimum absolute atomic E-state index is 0.380. The Bertz CT molecular complexity index is 577. The van der Waals surface area contributed by atoms with Gasteiger partial charge in [0.15, 0.2) is 0 Å². The second-order valence-corrected chi connectivity index (χ2v) is 5.24. The molecule has 0 N–H and O–H groups in total. The third-order valence-electron chi connectivity index (χ3n) is 3.50. The number of aryl methyl sites for hydroxylation is 1. The summed E-state index contributed by atoms with van der Waals surface area (Å²) >= 11 is 0. The smallest absolute Gasteiger partial charge is 0.225 e. The van der Waals surface area contributed by atoms with Crippen LogP contribution in [0.2, 0.25) is 0 Å². The first-order valence-electron chi connectivity index (χ1n) is 7.19. The highest BCUT2D eigenvalue weighted by atomic mass is 16.5. The summed E-state index contributed by atoms with van der Waals surface area (Å²) in [5.74, 6) is 1.96. The summed E-state index contributed by atoms with van der Waals surface area (Å²) in [6, 6.07) is 3.81.